The number of hydrogen-bond donors (Lipinski definition) is 3. The van der Waals surface area contributed by atoms with Crippen LogP contribution in [0.3, 0.4) is 0 Å². The molecule has 0 radical (unpaired) electrons. The molecule has 0 aliphatic rings. The van der Waals surface area contributed by atoms with Gasteiger partial charge in [-0.25, -0.2) is 0 Å². The number of nitrogens with zero attached hydrogens (tertiary/aromatic N) is 1. The van der Waals surface area contributed by atoms with Crippen LogP contribution in [-0.2, 0) is 11.2 Å². The maximum absolute atomic E-state index is 11.9. The molecule has 4 N–H and O–H groups in total. The van der Waals surface area contributed by atoms with E-state index in [-0.39, 0.29) is 11.7 Å². The van der Waals surface area contributed by atoms with Gasteiger partial charge in [-0.2, -0.15) is 0 Å². The fourth-order valence-electron chi connectivity index (χ4n) is 1.91. The van der Waals surface area contributed by atoms with Gasteiger partial charge in [-0.1, -0.05) is 12.1 Å². The number of phenolic OH excluding ortho intramolecular Hbond substituents is 1. The Morgan fingerprint density at radius 3 is 2.52 bits per heavy atom. The number of nitrogens with two attached hydrogens (primary N) is 1. The summed E-state index contributed by atoms with van der Waals surface area (Å²) in [5.74, 6) is 0.0846. The van der Waals surface area contributed by atoms with Gasteiger partial charge >= 0.3 is 0 Å². The number of rotatable bonds is 8. The molecule has 0 saturated carbocycles. The average Bonchev–Trinajstić information content (AvgIpc) is 2.45. The van der Waals surface area contributed by atoms with Gasteiger partial charge in [-0.3, -0.25) is 4.79 Å². The lowest BCUT2D eigenvalue weighted by Crippen LogP contribution is -2.43. The Morgan fingerprint density at radius 1 is 1.33 bits per heavy atom. The lowest BCUT2D eigenvalue weighted by atomic mass is 10.1. The lowest BCUT2D eigenvalue weighted by Gasteiger charge is -2.21. The quantitative estimate of drug-likeness (QED) is 0.627. The van der Waals surface area contributed by atoms with Crippen LogP contribution >= 0.6 is 0 Å². The first-order valence-electron chi connectivity index (χ1n) is 7.41. The minimum atomic E-state index is -0.558. The molecule has 1 aromatic carbocycles. The van der Waals surface area contributed by atoms with Gasteiger partial charge in [-0.15, -0.1) is 0 Å². The summed E-state index contributed by atoms with van der Waals surface area (Å²) in [7, 11) is 2.07. The molecule has 0 fully saturated rings. The van der Waals surface area contributed by atoms with E-state index in [0.717, 1.165) is 18.5 Å². The predicted octanol–water partition coefficient (Wildman–Crippen LogP) is 1.11. The summed E-state index contributed by atoms with van der Waals surface area (Å²) < 4.78 is 0. The summed E-state index contributed by atoms with van der Waals surface area (Å²) in [5, 5.41) is 12.1. The number of nitrogens with one attached hydrogen (secondary N) is 1. The molecule has 0 saturated heterocycles. The number of benzene rings is 1. The van der Waals surface area contributed by atoms with E-state index < -0.39 is 6.04 Å². The van der Waals surface area contributed by atoms with Crippen molar-refractivity contribution in [1.29, 1.82) is 0 Å². The van der Waals surface area contributed by atoms with Crippen LogP contribution in [0.15, 0.2) is 24.3 Å². The van der Waals surface area contributed by atoms with Gasteiger partial charge in [0.25, 0.3) is 0 Å². The fourth-order valence-corrected chi connectivity index (χ4v) is 1.91. The molecular weight excluding hydrogens is 266 g/mol. The minimum absolute atomic E-state index is 0.129. The molecule has 1 amide bonds. The van der Waals surface area contributed by atoms with Crippen molar-refractivity contribution in [3.8, 4) is 5.75 Å². The van der Waals surface area contributed by atoms with E-state index in [2.05, 4.69) is 31.1 Å². The summed E-state index contributed by atoms with van der Waals surface area (Å²) >= 11 is 0. The number of carbonyl (C=O) groups excluding carboxylic acids is 1. The van der Waals surface area contributed by atoms with E-state index in [1.54, 1.807) is 24.3 Å². The molecule has 0 spiro atoms. The topological polar surface area (TPSA) is 78.6 Å². The molecule has 1 aromatic rings. The summed E-state index contributed by atoms with van der Waals surface area (Å²) in [4.78, 5) is 14.1. The molecule has 1 atom stereocenters. The third-order valence-corrected chi connectivity index (χ3v) is 3.60. The number of amides is 1. The number of hydrogen-bond acceptors (Lipinski definition) is 4. The molecule has 1 rings (SSSR count). The molecule has 0 bridgehead atoms. The van der Waals surface area contributed by atoms with Crippen LogP contribution < -0.4 is 11.1 Å². The highest BCUT2D eigenvalue weighted by Crippen LogP contribution is 2.10. The fraction of sp³-hybridized carbons (Fsp3) is 0.562. The largest absolute Gasteiger partial charge is 0.508 e. The van der Waals surface area contributed by atoms with Crippen LogP contribution in [0.1, 0.15) is 25.8 Å². The lowest BCUT2D eigenvalue weighted by molar-refractivity contribution is -0.122. The van der Waals surface area contributed by atoms with Crippen LogP contribution in [0.2, 0.25) is 0 Å². The standard InChI is InChI=1S/C16H27N3O2/c1-12(2)19(3)10-4-9-18-16(21)15(17)11-13-5-7-14(20)8-6-13/h5-8,12,15,20H,4,9-11,17H2,1-3H3,(H,18,21)/t15-/m0/s1. The second-order valence-electron chi connectivity index (χ2n) is 5.70. The van der Waals surface area contributed by atoms with Crippen LogP contribution in [0.4, 0.5) is 0 Å². The van der Waals surface area contributed by atoms with E-state index in [0.29, 0.717) is 19.0 Å². The summed E-state index contributed by atoms with van der Waals surface area (Å²) in [6.45, 7) is 5.88. The van der Waals surface area contributed by atoms with Gasteiger partial charge in [0.1, 0.15) is 5.75 Å². The zero-order valence-electron chi connectivity index (χ0n) is 13.2. The number of aromatic hydroxyl groups is 1. The maximum atomic E-state index is 11.9. The minimum Gasteiger partial charge on any atom is -0.508 e. The first-order valence-corrected chi connectivity index (χ1v) is 7.41. The summed E-state index contributed by atoms with van der Waals surface area (Å²) in [6, 6.07) is 6.71. The number of carbonyl (C=O) groups is 1. The zero-order chi connectivity index (χ0) is 15.8. The van der Waals surface area contributed by atoms with Crippen LogP contribution in [-0.4, -0.2) is 48.1 Å². The molecule has 118 valence electrons. The highest BCUT2D eigenvalue weighted by atomic mass is 16.3. The van der Waals surface area contributed by atoms with Gasteiger partial charge in [0.05, 0.1) is 6.04 Å². The normalized spacial score (nSPS) is 12.7. The van der Waals surface area contributed by atoms with Gasteiger partial charge in [0.2, 0.25) is 5.91 Å². The maximum Gasteiger partial charge on any atom is 0.237 e. The van der Waals surface area contributed by atoms with Gasteiger partial charge in [0.15, 0.2) is 0 Å². The van der Waals surface area contributed by atoms with E-state index in [9.17, 15) is 9.90 Å². The van der Waals surface area contributed by atoms with Crippen molar-refractivity contribution in [2.45, 2.75) is 38.8 Å². The molecule has 0 aliphatic heterocycles. The first kappa shape index (κ1) is 17.5. The van der Waals surface area contributed by atoms with Crippen molar-refractivity contribution in [3.05, 3.63) is 29.8 Å². The Bertz CT molecular complexity index is 432. The summed E-state index contributed by atoms with van der Waals surface area (Å²) in [6.07, 6.45) is 1.38. The highest BCUT2D eigenvalue weighted by Gasteiger charge is 2.13. The second kappa shape index (κ2) is 8.64. The Hall–Kier alpha value is -1.59. The van der Waals surface area contributed by atoms with Gasteiger partial charge < -0.3 is 21.1 Å². The monoisotopic (exact) mass is 293 g/mol. The van der Waals surface area contributed by atoms with Gasteiger partial charge in [-0.05, 0) is 58.0 Å². The molecule has 0 aromatic heterocycles. The molecule has 5 nitrogen and oxygen atoms in total. The van der Waals surface area contributed by atoms with Crippen molar-refractivity contribution in [1.82, 2.24) is 10.2 Å². The number of phenols is 1. The Morgan fingerprint density at radius 2 is 1.95 bits per heavy atom. The van der Waals surface area contributed by atoms with E-state index in [1.807, 2.05) is 0 Å². The van der Waals surface area contributed by atoms with Crippen molar-refractivity contribution in [2.75, 3.05) is 20.1 Å². The first-order chi connectivity index (χ1) is 9.90. The SMILES string of the molecule is CC(C)N(C)CCCNC(=O)[C@@H](N)Cc1ccc(O)cc1. The van der Waals surface area contributed by atoms with Crippen LogP contribution in [0, 0.1) is 0 Å². The average molecular weight is 293 g/mol. The molecule has 5 heteroatoms. The molecular formula is C16H27N3O2. The zero-order valence-corrected chi connectivity index (χ0v) is 13.2. The summed E-state index contributed by atoms with van der Waals surface area (Å²) in [5.41, 5.74) is 6.83. The van der Waals surface area contributed by atoms with Gasteiger partial charge in [0, 0.05) is 12.6 Å². The highest BCUT2D eigenvalue weighted by molar-refractivity contribution is 5.81. The van der Waals surface area contributed by atoms with Crippen molar-refractivity contribution < 1.29 is 9.90 Å². The third-order valence-electron chi connectivity index (χ3n) is 3.60. The Kier molecular flexibility index (Phi) is 7.19. The van der Waals surface area contributed by atoms with Crippen LogP contribution in [0.25, 0.3) is 0 Å². The van der Waals surface area contributed by atoms with E-state index in [4.69, 9.17) is 5.73 Å². The molecule has 0 aliphatic carbocycles. The van der Waals surface area contributed by atoms with Crippen molar-refractivity contribution >= 4 is 5.91 Å². The third kappa shape index (κ3) is 6.60. The molecule has 0 heterocycles. The molecule has 0 unspecified atom stereocenters. The second-order valence-corrected chi connectivity index (χ2v) is 5.70. The Labute approximate surface area is 127 Å². The Balaban J connectivity index is 2.26. The predicted molar refractivity (Wildman–Crippen MR) is 85.2 cm³/mol. The van der Waals surface area contributed by atoms with Crippen molar-refractivity contribution in [3.63, 3.8) is 0 Å². The smallest absolute Gasteiger partial charge is 0.237 e. The molecule has 21 heavy (non-hydrogen) atoms. The van der Waals surface area contributed by atoms with Crippen LogP contribution in [0.5, 0.6) is 5.75 Å². The van der Waals surface area contributed by atoms with E-state index in [1.165, 1.54) is 0 Å². The van der Waals surface area contributed by atoms with Crippen molar-refractivity contribution in [2.24, 2.45) is 5.73 Å². The van der Waals surface area contributed by atoms with E-state index >= 15 is 0 Å².